The maximum Gasteiger partial charge on any atom is 0.147 e. The number of nitrogens with one attached hydrogen (secondary N) is 1. The maximum atomic E-state index is 16.5. The summed E-state index contributed by atoms with van der Waals surface area (Å²) in [6, 6.07) is 27.8. The zero-order chi connectivity index (χ0) is 24.9. The first-order valence-corrected chi connectivity index (χ1v) is 14.1. The van der Waals surface area contributed by atoms with Crippen LogP contribution in [0.3, 0.4) is 0 Å². The van der Waals surface area contributed by atoms with Crippen molar-refractivity contribution in [3.63, 3.8) is 0 Å². The quantitative estimate of drug-likeness (QED) is 0.242. The first-order chi connectivity index (χ1) is 16.8. The van der Waals surface area contributed by atoms with Crippen LogP contribution in [0.4, 0.5) is 4.39 Å². The maximum absolute atomic E-state index is 16.5. The van der Waals surface area contributed by atoms with E-state index in [1.54, 1.807) is 54.6 Å². The monoisotopic (exact) mass is 569 g/mol. The highest BCUT2D eigenvalue weighted by atomic mass is 79.9. The molecule has 35 heavy (non-hydrogen) atoms. The molecule has 0 aliphatic carbocycles. The van der Waals surface area contributed by atoms with Crippen LogP contribution in [-0.2, 0) is 21.8 Å². The molecule has 0 aliphatic heterocycles. The molecule has 0 aliphatic rings. The molecule has 180 valence electrons. The molecule has 4 aromatic rings. The van der Waals surface area contributed by atoms with Crippen LogP contribution in [0.2, 0.25) is 0 Å². The summed E-state index contributed by atoms with van der Waals surface area (Å²) in [6.07, 6.45) is -1.62. The Hall–Kier alpha value is -2.45. The van der Waals surface area contributed by atoms with Crippen LogP contribution < -0.4 is 4.72 Å². The predicted molar refractivity (Wildman–Crippen MR) is 144 cm³/mol. The minimum Gasteiger partial charge on any atom is -0.249 e. The van der Waals surface area contributed by atoms with Crippen molar-refractivity contribution in [2.75, 3.05) is 0 Å². The van der Waals surface area contributed by atoms with Gasteiger partial charge in [-0.25, -0.2) is 17.5 Å². The Morgan fingerprint density at radius 3 is 1.83 bits per heavy atom. The number of hydrogen-bond acceptors (Lipinski definition) is 2. The molecule has 4 aromatic carbocycles. The Morgan fingerprint density at radius 2 is 1.23 bits per heavy atom. The highest BCUT2D eigenvalue weighted by Gasteiger charge is 2.31. The topological polar surface area (TPSA) is 46.2 Å². The highest BCUT2D eigenvalue weighted by molar-refractivity contribution is 9.10. The second-order valence-electron chi connectivity index (χ2n) is 8.22. The second-order valence-corrected chi connectivity index (χ2v) is 11.8. The molecule has 0 spiro atoms. The van der Waals surface area contributed by atoms with E-state index in [-0.39, 0.29) is 0 Å². The van der Waals surface area contributed by atoms with Gasteiger partial charge in [0.05, 0.1) is 21.7 Å². The molecule has 0 amide bonds. The molecule has 0 aromatic heterocycles. The molecule has 0 heterocycles. The SMILES string of the molecule is Cc1ccc(S(=O)N[C@@H](c2ccccc2Br)[C@@H](F)c2ccccc2[S@@](=O)c2ccc(C)cc2)cc1. The Bertz CT molecular complexity index is 1360. The van der Waals surface area contributed by atoms with E-state index < -0.39 is 34.0 Å². The predicted octanol–water partition coefficient (Wildman–Crippen LogP) is 7.30. The summed E-state index contributed by atoms with van der Waals surface area (Å²) in [7, 11) is -3.24. The number of aryl methyl sites for hydroxylation is 2. The summed E-state index contributed by atoms with van der Waals surface area (Å²) >= 11 is 3.52. The molecule has 1 unspecified atom stereocenters. The summed E-state index contributed by atoms with van der Waals surface area (Å²) < 4.78 is 46.8. The number of rotatable bonds is 8. The van der Waals surface area contributed by atoms with Gasteiger partial charge in [0, 0.05) is 19.8 Å². The third-order valence-corrected chi connectivity index (χ3v) is 9.01. The normalized spacial score (nSPS) is 14.7. The van der Waals surface area contributed by atoms with Crippen LogP contribution in [-0.4, -0.2) is 8.42 Å². The number of alkyl halides is 1. The third-order valence-electron chi connectivity index (χ3n) is 5.65. The smallest absolute Gasteiger partial charge is 0.147 e. The van der Waals surface area contributed by atoms with Gasteiger partial charge < -0.3 is 0 Å². The van der Waals surface area contributed by atoms with E-state index in [0.717, 1.165) is 11.1 Å². The molecular weight excluding hydrogens is 545 g/mol. The minimum absolute atomic E-state index is 0.292. The lowest BCUT2D eigenvalue weighted by Gasteiger charge is -2.25. The zero-order valence-corrected chi connectivity index (χ0v) is 22.5. The van der Waals surface area contributed by atoms with Gasteiger partial charge in [-0.15, -0.1) is 0 Å². The fraction of sp³-hybridized carbons (Fsp3) is 0.143. The van der Waals surface area contributed by atoms with E-state index in [4.69, 9.17) is 0 Å². The molecular formula is C28H25BrFNO2S2. The van der Waals surface area contributed by atoms with Gasteiger partial charge in [-0.2, -0.15) is 0 Å². The van der Waals surface area contributed by atoms with Crippen molar-refractivity contribution in [3.8, 4) is 0 Å². The molecule has 3 nitrogen and oxygen atoms in total. The van der Waals surface area contributed by atoms with Gasteiger partial charge in [0.2, 0.25) is 0 Å². The van der Waals surface area contributed by atoms with E-state index in [2.05, 4.69) is 20.7 Å². The Labute approximate surface area is 219 Å². The Kier molecular flexibility index (Phi) is 8.44. The zero-order valence-electron chi connectivity index (χ0n) is 19.3. The molecule has 0 fully saturated rings. The highest BCUT2D eigenvalue weighted by Crippen LogP contribution is 2.39. The van der Waals surface area contributed by atoms with E-state index in [0.29, 0.717) is 30.3 Å². The number of benzene rings is 4. The van der Waals surface area contributed by atoms with Crippen molar-refractivity contribution < 1.29 is 12.8 Å². The van der Waals surface area contributed by atoms with Crippen molar-refractivity contribution in [2.24, 2.45) is 0 Å². The van der Waals surface area contributed by atoms with Crippen molar-refractivity contribution >= 4 is 37.7 Å². The summed E-state index contributed by atoms with van der Waals surface area (Å²) in [4.78, 5) is 1.55. The molecule has 0 saturated heterocycles. The molecule has 0 radical (unpaired) electrons. The van der Waals surface area contributed by atoms with Gasteiger partial charge in [0.1, 0.15) is 17.2 Å². The van der Waals surface area contributed by atoms with Gasteiger partial charge in [0.25, 0.3) is 0 Å². The third kappa shape index (κ3) is 6.04. The van der Waals surface area contributed by atoms with Gasteiger partial charge in [-0.3, -0.25) is 0 Å². The van der Waals surface area contributed by atoms with Crippen LogP contribution in [0, 0.1) is 13.8 Å². The van der Waals surface area contributed by atoms with Gasteiger partial charge >= 0.3 is 0 Å². The lowest BCUT2D eigenvalue weighted by molar-refractivity contribution is 0.274. The number of halogens is 2. The van der Waals surface area contributed by atoms with E-state index in [1.807, 2.05) is 56.3 Å². The van der Waals surface area contributed by atoms with Crippen molar-refractivity contribution in [1.29, 1.82) is 0 Å². The summed E-state index contributed by atoms with van der Waals surface area (Å²) in [6.45, 7) is 3.91. The van der Waals surface area contributed by atoms with E-state index >= 15 is 4.39 Å². The average Bonchev–Trinajstić information content (AvgIpc) is 2.88. The molecule has 0 bridgehead atoms. The van der Waals surface area contributed by atoms with E-state index in [9.17, 15) is 8.42 Å². The molecule has 4 atom stereocenters. The summed E-state index contributed by atoms with van der Waals surface area (Å²) in [5.74, 6) is 0. The molecule has 0 saturated carbocycles. The van der Waals surface area contributed by atoms with Gasteiger partial charge in [-0.05, 0) is 55.8 Å². The second kappa shape index (κ2) is 11.5. The van der Waals surface area contributed by atoms with Gasteiger partial charge in [-0.1, -0.05) is 87.7 Å². The lowest BCUT2D eigenvalue weighted by Crippen LogP contribution is -2.28. The van der Waals surface area contributed by atoms with E-state index in [1.165, 1.54) is 0 Å². The van der Waals surface area contributed by atoms with Crippen LogP contribution >= 0.6 is 15.9 Å². The number of hydrogen-bond donors (Lipinski definition) is 1. The van der Waals surface area contributed by atoms with Gasteiger partial charge in [0.15, 0.2) is 0 Å². The fourth-order valence-electron chi connectivity index (χ4n) is 3.70. The lowest BCUT2D eigenvalue weighted by atomic mass is 9.98. The first kappa shape index (κ1) is 25.6. The summed E-state index contributed by atoms with van der Waals surface area (Å²) in [5.41, 5.74) is 3.01. The minimum atomic E-state index is -1.67. The fourth-order valence-corrected chi connectivity index (χ4v) is 6.46. The molecule has 1 N–H and O–H groups in total. The molecule has 4 rings (SSSR count). The van der Waals surface area contributed by atoms with Crippen molar-refractivity contribution in [3.05, 3.63) is 124 Å². The van der Waals surface area contributed by atoms with Crippen LogP contribution in [0.15, 0.2) is 116 Å². The van der Waals surface area contributed by atoms with Crippen LogP contribution in [0.1, 0.15) is 34.5 Å². The van der Waals surface area contributed by atoms with Crippen LogP contribution in [0.25, 0.3) is 0 Å². The Balaban J connectivity index is 1.74. The first-order valence-electron chi connectivity index (χ1n) is 11.1. The Morgan fingerprint density at radius 1 is 0.714 bits per heavy atom. The molecule has 7 heteroatoms. The summed E-state index contributed by atoms with van der Waals surface area (Å²) in [5, 5.41) is 0. The largest absolute Gasteiger partial charge is 0.249 e. The standard InChI is InChI=1S/C28H25BrFNO2S2/c1-19-11-15-21(16-12-19)34(32)26-10-6-4-8-24(26)27(30)28(23-7-3-5-9-25(23)29)31-35(33)22-17-13-20(2)14-18-22/h3-18,27-28,31H,1-2H3/t27-,28-,34-,35?/m0/s1. The van der Waals surface area contributed by atoms with Crippen molar-refractivity contribution in [1.82, 2.24) is 4.72 Å². The van der Waals surface area contributed by atoms with Crippen molar-refractivity contribution in [2.45, 2.75) is 40.7 Å². The average molecular weight is 571 g/mol. The van der Waals surface area contributed by atoms with Crippen LogP contribution in [0.5, 0.6) is 0 Å².